The Labute approximate surface area is 175 Å². The summed E-state index contributed by atoms with van der Waals surface area (Å²) >= 11 is 6.64. The number of hydrogen-bond acceptors (Lipinski definition) is 2. The second-order valence-electron chi connectivity index (χ2n) is 8.39. The highest BCUT2D eigenvalue weighted by Gasteiger charge is 2.35. The maximum Gasteiger partial charge on any atom is 0.303 e. The number of aliphatic hydroxyl groups is 1. The van der Waals surface area contributed by atoms with Crippen LogP contribution in [-0.4, -0.2) is 21.6 Å². The van der Waals surface area contributed by atoms with Crippen LogP contribution in [0.3, 0.4) is 0 Å². The molecule has 0 saturated heterocycles. The quantitative estimate of drug-likeness (QED) is 0.278. The highest BCUT2D eigenvalue weighted by Crippen LogP contribution is 2.45. The number of halogens is 1. The Bertz CT molecular complexity index is 572. The molecular weight excluding hydrogens is 372 g/mol. The predicted molar refractivity (Wildman–Crippen MR) is 116 cm³/mol. The number of alkyl halides is 1. The van der Waals surface area contributed by atoms with Gasteiger partial charge in [-0.05, 0) is 55.1 Å². The van der Waals surface area contributed by atoms with E-state index in [1.807, 2.05) is 0 Å². The molecule has 1 aromatic rings. The Morgan fingerprint density at radius 1 is 1.07 bits per heavy atom. The molecule has 0 aliphatic heterocycles. The molecule has 0 bridgehead atoms. The Hall–Kier alpha value is -1.06. The number of hydrogen-bond donors (Lipinski definition) is 2. The van der Waals surface area contributed by atoms with E-state index in [-0.39, 0.29) is 17.9 Å². The smallest absolute Gasteiger partial charge is 0.303 e. The van der Waals surface area contributed by atoms with E-state index < -0.39 is 5.97 Å². The third-order valence-electron chi connectivity index (χ3n) is 6.24. The molecule has 1 aromatic carbocycles. The van der Waals surface area contributed by atoms with Gasteiger partial charge in [0.1, 0.15) is 0 Å². The second-order valence-corrected chi connectivity index (χ2v) is 8.95. The van der Waals surface area contributed by atoms with Crippen molar-refractivity contribution in [2.24, 2.45) is 5.92 Å². The van der Waals surface area contributed by atoms with E-state index in [1.54, 1.807) is 0 Å². The monoisotopic (exact) mass is 408 g/mol. The second kappa shape index (κ2) is 12.5. The molecule has 0 spiro atoms. The van der Waals surface area contributed by atoms with Crippen molar-refractivity contribution in [1.29, 1.82) is 0 Å². The van der Waals surface area contributed by atoms with Crippen LogP contribution in [0.15, 0.2) is 24.3 Å². The number of carboxylic acids is 1. The predicted octanol–water partition coefficient (Wildman–Crippen LogP) is 6.83. The summed E-state index contributed by atoms with van der Waals surface area (Å²) < 4.78 is 0. The Morgan fingerprint density at radius 3 is 2.46 bits per heavy atom. The van der Waals surface area contributed by atoms with Crippen LogP contribution in [0.25, 0.3) is 0 Å². The number of carboxylic acid groups (broad SMARTS) is 1. The number of carbonyl (C=O) groups is 1. The first-order valence-electron chi connectivity index (χ1n) is 11.2. The van der Waals surface area contributed by atoms with Gasteiger partial charge in [0, 0.05) is 11.8 Å². The molecule has 0 amide bonds. The van der Waals surface area contributed by atoms with Crippen molar-refractivity contribution >= 4 is 17.6 Å². The SMILES string of the molecule is CCCCCC(O)c1ccc([C@H]2CC[C@@H](Cl)C2CCCCCCC(=O)O)cc1. The van der Waals surface area contributed by atoms with E-state index in [9.17, 15) is 9.90 Å². The van der Waals surface area contributed by atoms with Crippen LogP contribution < -0.4 is 0 Å². The number of rotatable bonds is 13. The zero-order chi connectivity index (χ0) is 20.4. The van der Waals surface area contributed by atoms with Gasteiger partial charge in [-0.25, -0.2) is 0 Å². The van der Waals surface area contributed by atoms with Crippen molar-refractivity contribution in [2.45, 2.75) is 101 Å². The Kier molecular flexibility index (Phi) is 10.4. The maximum atomic E-state index is 10.6. The lowest BCUT2D eigenvalue weighted by molar-refractivity contribution is -0.137. The molecule has 28 heavy (non-hydrogen) atoms. The molecule has 2 N–H and O–H groups in total. The molecule has 158 valence electrons. The third-order valence-corrected chi connectivity index (χ3v) is 6.79. The third kappa shape index (κ3) is 7.40. The van der Waals surface area contributed by atoms with Crippen LogP contribution in [0.2, 0.25) is 0 Å². The lowest BCUT2D eigenvalue weighted by Gasteiger charge is -2.23. The summed E-state index contributed by atoms with van der Waals surface area (Å²) in [7, 11) is 0. The molecule has 1 aliphatic rings. The normalized spacial score (nSPS) is 23.0. The number of benzene rings is 1. The topological polar surface area (TPSA) is 57.5 Å². The molecule has 0 heterocycles. The van der Waals surface area contributed by atoms with Gasteiger partial charge in [0.25, 0.3) is 0 Å². The minimum Gasteiger partial charge on any atom is -0.481 e. The summed E-state index contributed by atoms with van der Waals surface area (Å²) in [5.74, 6) is 0.310. The van der Waals surface area contributed by atoms with Gasteiger partial charge in [-0.1, -0.05) is 69.7 Å². The van der Waals surface area contributed by atoms with Gasteiger partial charge < -0.3 is 10.2 Å². The lowest BCUT2D eigenvalue weighted by Crippen LogP contribution is -2.14. The maximum absolute atomic E-state index is 10.6. The summed E-state index contributed by atoms with van der Waals surface area (Å²) in [6.07, 6.45) is 11.5. The van der Waals surface area contributed by atoms with E-state index in [4.69, 9.17) is 16.7 Å². The van der Waals surface area contributed by atoms with Crippen molar-refractivity contribution < 1.29 is 15.0 Å². The number of unbranched alkanes of at least 4 members (excludes halogenated alkanes) is 5. The fraction of sp³-hybridized carbons (Fsp3) is 0.708. The zero-order valence-electron chi connectivity index (χ0n) is 17.3. The molecule has 1 aliphatic carbocycles. The van der Waals surface area contributed by atoms with E-state index >= 15 is 0 Å². The minimum atomic E-state index is -0.699. The highest BCUT2D eigenvalue weighted by atomic mass is 35.5. The van der Waals surface area contributed by atoms with Gasteiger partial charge in [-0.2, -0.15) is 0 Å². The summed E-state index contributed by atoms with van der Waals surface area (Å²) in [6.45, 7) is 2.18. The first kappa shape index (κ1) is 23.2. The largest absolute Gasteiger partial charge is 0.481 e. The van der Waals surface area contributed by atoms with Gasteiger partial charge in [-0.15, -0.1) is 11.6 Å². The molecule has 3 nitrogen and oxygen atoms in total. The Morgan fingerprint density at radius 2 is 1.79 bits per heavy atom. The standard InChI is InChI=1S/C24H37ClO3/c1-2-3-6-10-23(26)19-14-12-18(13-15-19)20-16-17-22(25)21(20)9-7-4-5-8-11-24(27)28/h12-15,20-23,26H,2-11,16-17H2,1H3,(H,27,28)/t20-,21?,22-,23?/m1/s1. The van der Waals surface area contributed by atoms with Crippen LogP contribution in [0.4, 0.5) is 0 Å². The van der Waals surface area contributed by atoms with Gasteiger partial charge >= 0.3 is 5.97 Å². The number of aliphatic carboxylic acids is 1. The molecule has 4 heteroatoms. The first-order chi connectivity index (χ1) is 13.5. The van der Waals surface area contributed by atoms with Crippen molar-refractivity contribution in [3.05, 3.63) is 35.4 Å². The van der Waals surface area contributed by atoms with Crippen LogP contribution >= 0.6 is 11.6 Å². The van der Waals surface area contributed by atoms with E-state index in [2.05, 4.69) is 31.2 Å². The number of aliphatic hydroxyl groups excluding tert-OH is 1. The van der Waals surface area contributed by atoms with E-state index in [1.165, 1.54) is 18.4 Å². The fourth-order valence-corrected chi connectivity index (χ4v) is 4.97. The summed E-state index contributed by atoms with van der Waals surface area (Å²) in [5.41, 5.74) is 2.37. The molecule has 4 atom stereocenters. The van der Waals surface area contributed by atoms with Crippen LogP contribution in [0.1, 0.15) is 107 Å². The minimum absolute atomic E-state index is 0.239. The first-order valence-corrected chi connectivity index (χ1v) is 11.6. The fourth-order valence-electron chi connectivity index (χ4n) is 4.54. The summed E-state index contributed by atoms with van der Waals surface area (Å²) in [6, 6.07) is 8.57. The van der Waals surface area contributed by atoms with Gasteiger partial charge in [0.05, 0.1) is 6.10 Å². The molecule has 2 unspecified atom stereocenters. The van der Waals surface area contributed by atoms with Crippen LogP contribution in [0, 0.1) is 5.92 Å². The van der Waals surface area contributed by atoms with E-state index in [0.717, 1.165) is 63.4 Å². The van der Waals surface area contributed by atoms with Crippen molar-refractivity contribution in [1.82, 2.24) is 0 Å². The van der Waals surface area contributed by atoms with Crippen molar-refractivity contribution in [2.75, 3.05) is 0 Å². The molecule has 2 rings (SSSR count). The van der Waals surface area contributed by atoms with Crippen molar-refractivity contribution in [3.8, 4) is 0 Å². The van der Waals surface area contributed by atoms with Crippen LogP contribution in [0.5, 0.6) is 0 Å². The van der Waals surface area contributed by atoms with Gasteiger partial charge in [0.2, 0.25) is 0 Å². The van der Waals surface area contributed by atoms with Crippen LogP contribution in [-0.2, 0) is 4.79 Å². The molecule has 0 aromatic heterocycles. The Balaban J connectivity index is 1.83. The zero-order valence-corrected chi connectivity index (χ0v) is 18.0. The average Bonchev–Trinajstić information content (AvgIpc) is 3.05. The lowest BCUT2D eigenvalue weighted by atomic mass is 9.84. The summed E-state index contributed by atoms with van der Waals surface area (Å²) in [5, 5.41) is 19.3. The molecule has 0 radical (unpaired) electrons. The summed E-state index contributed by atoms with van der Waals surface area (Å²) in [4.78, 5) is 10.6. The van der Waals surface area contributed by atoms with Gasteiger partial charge in [-0.3, -0.25) is 4.79 Å². The molecular formula is C24H37ClO3. The molecule has 1 saturated carbocycles. The van der Waals surface area contributed by atoms with E-state index in [0.29, 0.717) is 11.8 Å². The van der Waals surface area contributed by atoms with Gasteiger partial charge in [0.15, 0.2) is 0 Å². The van der Waals surface area contributed by atoms with Crippen molar-refractivity contribution in [3.63, 3.8) is 0 Å². The average molecular weight is 409 g/mol. The highest BCUT2D eigenvalue weighted by molar-refractivity contribution is 6.21. The molecule has 1 fully saturated rings.